The first-order valence-electron chi connectivity index (χ1n) is 7.35. The number of aryl methyl sites for hydroxylation is 1. The van der Waals surface area contributed by atoms with Crippen molar-refractivity contribution < 1.29 is 9.18 Å². The van der Waals surface area contributed by atoms with Crippen LogP contribution in [0.25, 0.3) is 0 Å². The SMILES string of the molecule is Cc1nc(Nc2ccccc2)cc(C(=O)Nc2ccc(F)cc2)n1. The van der Waals surface area contributed by atoms with E-state index in [0.29, 0.717) is 17.3 Å². The monoisotopic (exact) mass is 322 g/mol. The third kappa shape index (κ3) is 3.92. The number of carbonyl (C=O) groups is 1. The molecule has 0 aliphatic heterocycles. The van der Waals surface area contributed by atoms with Crippen molar-refractivity contribution in [3.05, 3.63) is 78.0 Å². The number of para-hydroxylation sites is 1. The molecule has 1 amide bonds. The van der Waals surface area contributed by atoms with Gasteiger partial charge in [0.05, 0.1) is 0 Å². The molecule has 0 radical (unpaired) electrons. The van der Waals surface area contributed by atoms with Crippen LogP contribution in [-0.2, 0) is 0 Å². The van der Waals surface area contributed by atoms with Gasteiger partial charge < -0.3 is 10.6 Å². The van der Waals surface area contributed by atoms with E-state index in [1.165, 1.54) is 24.3 Å². The second kappa shape index (κ2) is 6.87. The molecule has 0 atom stereocenters. The Bertz CT molecular complexity index is 851. The molecule has 1 aromatic heterocycles. The normalized spacial score (nSPS) is 10.2. The third-order valence-corrected chi connectivity index (χ3v) is 3.22. The van der Waals surface area contributed by atoms with Crippen LogP contribution in [0, 0.1) is 12.7 Å². The van der Waals surface area contributed by atoms with Crippen LogP contribution in [0.1, 0.15) is 16.3 Å². The van der Waals surface area contributed by atoms with Crippen LogP contribution in [-0.4, -0.2) is 15.9 Å². The number of amides is 1. The molecule has 0 fully saturated rings. The molecule has 2 N–H and O–H groups in total. The number of aromatic nitrogens is 2. The number of hydrogen-bond donors (Lipinski definition) is 2. The molecule has 120 valence electrons. The van der Waals surface area contributed by atoms with E-state index < -0.39 is 0 Å². The number of benzene rings is 2. The number of halogens is 1. The predicted octanol–water partition coefficient (Wildman–Crippen LogP) is 3.92. The molecule has 0 aliphatic rings. The lowest BCUT2D eigenvalue weighted by Gasteiger charge is -2.09. The lowest BCUT2D eigenvalue weighted by Crippen LogP contribution is -2.15. The minimum Gasteiger partial charge on any atom is -0.340 e. The summed E-state index contributed by atoms with van der Waals surface area (Å²) in [5, 5.41) is 5.81. The summed E-state index contributed by atoms with van der Waals surface area (Å²) in [5.41, 5.74) is 1.58. The molecule has 0 saturated heterocycles. The summed E-state index contributed by atoms with van der Waals surface area (Å²) >= 11 is 0. The average molecular weight is 322 g/mol. The molecule has 0 saturated carbocycles. The Labute approximate surface area is 138 Å². The fourth-order valence-electron chi connectivity index (χ4n) is 2.15. The zero-order valence-corrected chi connectivity index (χ0v) is 13.0. The summed E-state index contributed by atoms with van der Waals surface area (Å²) in [5.74, 6) is 0.251. The van der Waals surface area contributed by atoms with Gasteiger partial charge in [0.1, 0.15) is 23.2 Å². The Balaban J connectivity index is 1.80. The average Bonchev–Trinajstić information content (AvgIpc) is 2.57. The number of rotatable bonds is 4. The molecule has 3 aromatic rings. The van der Waals surface area contributed by atoms with Gasteiger partial charge in [-0.05, 0) is 43.3 Å². The largest absolute Gasteiger partial charge is 0.340 e. The van der Waals surface area contributed by atoms with Gasteiger partial charge in [-0.1, -0.05) is 18.2 Å². The molecular formula is C18H15FN4O. The molecule has 3 rings (SSSR count). The van der Waals surface area contributed by atoms with Gasteiger partial charge in [0.2, 0.25) is 0 Å². The Morgan fingerprint density at radius 2 is 1.67 bits per heavy atom. The summed E-state index contributed by atoms with van der Waals surface area (Å²) in [4.78, 5) is 20.8. The first-order valence-corrected chi connectivity index (χ1v) is 7.35. The van der Waals surface area contributed by atoms with Crippen LogP contribution in [0.3, 0.4) is 0 Å². The van der Waals surface area contributed by atoms with E-state index in [1.54, 1.807) is 13.0 Å². The second-order valence-electron chi connectivity index (χ2n) is 5.14. The second-order valence-corrected chi connectivity index (χ2v) is 5.14. The van der Waals surface area contributed by atoms with Crippen LogP contribution in [0.15, 0.2) is 60.7 Å². The van der Waals surface area contributed by atoms with Crippen LogP contribution in [0.5, 0.6) is 0 Å². The van der Waals surface area contributed by atoms with Crippen molar-refractivity contribution in [2.75, 3.05) is 10.6 Å². The highest BCUT2D eigenvalue weighted by molar-refractivity contribution is 6.03. The number of anilines is 3. The Kier molecular flexibility index (Phi) is 4.47. The van der Waals surface area contributed by atoms with E-state index in [1.807, 2.05) is 30.3 Å². The Morgan fingerprint density at radius 3 is 2.38 bits per heavy atom. The minimum absolute atomic E-state index is 0.227. The molecule has 0 bridgehead atoms. The van der Waals surface area contributed by atoms with Crippen molar-refractivity contribution in [2.45, 2.75) is 6.92 Å². The molecule has 1 heterocycles. The van der Waals surface area contributed by atoms with Gasteiger partial charge in [0.25, 0.3) is 5.91 Å². The van der Waals surface area contributed by atoms with Crippen LogP contribution >= 0.6 is 0 Å². The quantitative estimate of drug-likeness (QED) is 0.764. The third-order valence-electron chi connectivity index (χ3n) is 3.22. The molecule has 6 heteroatoms. The lowest BCUT2D eigenvalue weighted by molar-refractivity contribution is 0.102. The van der Waals surface area contributed by atoms with Crippen molar-refractivity contribution in [1.29, 1.82) is 0 Å². The van der Waals surface area contributed by atoms with E-state index in [0.717, 1.165) is 5.69 Å². The van der Waals surface area contributed by atoms with E-state index in [4.69, 9.17) is 0 Å². The highest BCUT2D eigenvalue weighted by Gasteiger charge is 2.11. The lowest BCUT2D eigenvalue weighted by atomic mass is 10.3. The van der Waals surface area contributed by atoms with Crippen molar-refractivity contribution in [2.24, 2.45) is 0 Å². The molecule has 0 unspecified atom stereocenters. The fraction of sp³-hybridized carbons (Fsp3) is 0.0556. The highest BCUT2D eigenvalue weighted by Crippen LogP contribution is 2.16. The highest BCUT2D eigenvalue weighted by atomic mass is 19.1. The van der Waals surface area contributed by atoms with Crippen LogP contribution < -0.4 is 10.6 Å². The van der Waals surface area contributed by atoms with Gasteiger partial charge in [-0.3, -0.25) is 4.79 Å². The molecule has 24 heavy (non-hydrogen) atoms. The fourth-order valence-corrected chi connectivity index (χ4v) is 2.15. The van der Waals surface area contributed by atoms with Gasteiger partial charge in [0.15, 0.2) is 0 Å². The van der Waals surface area contributed by atoms with Crippen LogP contribution in [0.4, 0.5) is 21.6 Å². The molecule has 0 aliphatic carbocycles. The standard InChI is InChI=1S/C18H15FN4O/c1-12-20-16(18(24)23-15-9-7-13(19)8-10-15)11-17(21-12)22-14-5-3-2-4-6-14/h2-11H,1H3,(H,23,24)(H,20,21,22). The van der Waals surface area contributed by atoms with E-state index >= 15 is 0 Å². The Hall–Kier alpha value is -3.28. The van der Waals surface area contributed by atoms with Crippen molar-refractivity contribution in [1.82, 2.24) is 9.97 Å². The maximum absolute atomic E-state index is 12.9. The number of nitrogens with zero attached hydrogens (tertiary/aromatic N) is 2. The first kappa shape index (κ1) is 15.6. The predicted molar refractivity (Wildman–Crippen MR) is 90.8 cm³/mol. The van der Waals surface area contributed by atoms with Crippen molar-refractivity contribution in [3.8, 4) is 0 Å². The maximum atomic E-state index is 12.9. The molecule has 5 nitrogen and oxygen atoms in total. The summed E-state index contributed by atoms with van der Waals surface area (Å²) < 4.78 is 12.9. The maximum Gasteiger partial charge on any atom is 0.274 e. The first-order chi connectivity index (χ1) is 11.6. The van der Waals surface area contributed by atoms with Gasteiger partial charge >= 0.3 is 0 Å². The van der Waals surface area contributed by atoms with Crippen LogP contribution in [0.2, 0.25) is 0 Å². The van der Waals surface area contributed by atoms with Gasteiger partial charge in [-0.2, -0.15) is 0 Å². The smallest absolute Gasteiger partial charge is 0.274 e. The zero-order valence-electron chi connectivity index (χ0n) is 13.0. The van der Waals surface area contributed by atoms with Gasteiger partial charge in [-0.15, -0.1) is 0 Å². The zero-order chi connectivity index (χ0) is 16.9. The summed E-state index contributed by atoms with van der Waals surface area (Å²) in [6.07, 6.45) is 0. The number of carbonyl (C=O) groups excluding carboxylic acids is 1. The Morgan fingerprint density at radius 1 is 0.958 bits per heavy atom. The van der Waals surface area contributed by atoms with Gasteiger partial charge in [0, 0.05) is 17.4 Å². The topological polar surface area (TPSA) is 66.9 Å². The molecule has 2 aromatic carbocycles. The summed E-state index contributed by atoms with van der Waals surface area (Å²) in [6, 6.07) is 16.6. The number of hydrogen-bond acceptors (Lipinski definition) is 4. The van der Waals surface area contributed by atoms with E-state index in [9.17, 15) is 9.18 Å². The summed E-state index contributed by atoms with van der Waals surface area (Å²) in [7, 11) is 0. The number of nitrogens with one attached hydrogen (secondary N) is 2. The summed E-state index contributed by atoms with van der Waals surface area (Å²) in [6.45, 7) is 1.71. The van der Waals surface area contributed by atoms with Gasteiger partial charge in [-0.25, -0.2) is 14.4 Å². The minimum atomic E-state index is -0.386. The van der Waals surface area contributed by atoms with E-state index in [-0.39, 0.29) is 17.4 Å². The van der Waals surface area contributed by atoms with Crippen molar-refractivity contribution in [3.63, 3.8) is 0 Å². The van der Waals surface area contributed by atoms with Crippen molar-refractivity contribution >= 4 is 23.1 Å². The molecular weight excluding hydrogens is 307 g/mol. The molecule has 0 spiro atoms. The van der Waals surface area contributed by atoms with E-state index in [2.05, 4.69) is 20.6 Å².